The number of para-hydroxylation sites is 1. The van der Waals surface area contributed by atoms with Crippen molar-refractivity contribution in [3.63, 3.8) is 0 Å². The van der Waals surface area contributed by atoms with Crippen molar-refractivity contribution in [1.82, 2.24) is 10.9 Å². The summed E-state index contributed by atoms with van der Waals surface area (Å²) in [4.78, 5) is 24.6. The van der Waals surface area contributed by atoms with Crippen LogP contribution in [0.3, 0.4) is 0 Å². The molecule has 0 radical (unpaired) electrons. The molecule has 0 spiro atoms. The number of rotatable bonds is 6. The molecule has 3 rings (SSSR count). The van der Waals surface area contributed by atoms with Gasteiger partial charge in [-0.15, -0.1) is 11.3 Å². The Morgan fingerprint density at radius 1 is 1.00 bits per heavy atom. The van der Waals surface area contributed by atoms with Gasteiger partial charge in [0.25, 0.3) is 0 Å². The monoisotopic (exact) mass is 356 g/mol. The maximum absolute atomic E-state index is 12.0. The number of benzene rings is 1. The zero-order valence-electron chi connectivity index (χ0n) is 13.2. The lowest BCUT2D eigenvalue weighted by atomic mass is 10.3. The van der Waals surface area contributed by atoms with Crippen molar-refractivity contribution < 1.29 is 18.7 Å². The summed E-state index contributed by atoms with van der Waals surface area (Å²) >= 11 is 1.48. The molecule has 2 aromatic heterocycles. The molecule has 0 atom stereocenters. The lowest BCUT2D eigenvalue weighted by molar-refractivity contribution is -0.121. The third kappa shape index (κ3) is 4.95. The van der Waals surface area contributed by atoms with Crippen LogP contribution in [0.1, 0.15) is 21.2 Å². The van der Waals surface area contributed by atoms with Crippen molar-refractivity contribution in [2.45, 2.75) is 13.0 Å². The summed E-state index contributed by atoms with van der Waals surface area (Å²) in [5.41, 5.74) is 4.69. The predicted molar refractivity (Wildman–Crippen MR) is 93.1 cm³/mol. The van der Waals surface area contributed by atoms with Crippen LogP contribution in [-0.4, -0.2) is 11.8 Å². The number of amides is 2. The highest BCUT2D eigenvalue weighted by molar-refractivity contribution is 7.10. The highest BCUT2D eigenvalue weighted by atomic mass is 32.1. The number of hydrazine groups is 1. The number of carbonyl (C=O) groups excluding carboxylic acids is 2. The average Bonchev–Trinajstić information content (AvgIpc) is 3.30. The Hall–Kier alpha value is -3.06. The molecule has 0 saturated carbocycles. The van der Waals surface area contributed by atoms with Crippen LogP contribution < -0.4 is 15.6 Å². The van der Waals surface area contributed by atoms with E-state index in [1.165, 1.54) is 17.4 Å². The van der Waals surface area contributed by atoms with Gasteiger partial charge in [-0.05, 0) is 35.7 Å². The van der Waals surface area contributed by atoms with Gasteiger partial charge in [-0.2, -0.15) is 0 Å². The lowest BCUT2D eigenvalue weighted by Crippen LogP contribution is -2.42. The third-order valence-electron chi connectivity index (χ3n) is 3.24. The van der Waals surface area contributed by atoms with Gasteiger partial charge < -0.3 is 9.15 Å². The van der Waals surface area contributed by atoms with Gasteiger partial charge in [-0.3, -0.25) is 20.4 Å². The smallest absolute Gasteiger partial charge is 0.305 e. The van der Waals surface area contributed by atoms with E-state index in [9.17, 15) is 9.59 Å². The van der Waals surface area contributed by atoms with Crippen LogP contribution in [-0.2, 0) is 17.8 Å². The topological polar surface area (TPSA) is 80.6 Å². The van der Waals surface area contributed by atoms with Crippen LogP contribution in [0, 0.1) is 0 Å². The highest BCUT2D eigenvalue weighted by Gasteiger charge is 2.13. The Labute approximate surface area is 148 Å². The van der Waals surface area contributed by atoms with Crippen molar-refractivity contribution in [3.05, 3.63) is 76.4 Å². The first-order valence-corrected chi connectivity index (χ1v) is 8.47. The average molecular weight is 356 g/mol. The molecule has 3 aromatic rings. The second-order valence-corrected chi connectivity index (χ2v) is 6.16. The van der Waals surface area contributed by atoms with E-state index < -0.39 is 5.91 Å². The molecular weight excluding hydrogens is 340 g/mol. The highest BCUT2D eigenvalue weighted by Crippen LogP contribution is 2.14. The third-order valence-corrected chi connectivity index (χ3v) is 4.12. The van der Waals surface area contributed by atoms with Crippen LogP contribution in [0.25, 0.3) is 0 Å². The minimum absolute atomic E-state index is 0.100. The van der Waals surface area contributed by atoms with Crippen molar-refractivity contribution in [3.8, 4) is 5.75 Å². The van der Waals surface area contributed by atoms with E-state index in [4.69, 9.17) is 9.15 Å². The lowest BCUT2D eigenvalue weighted by Gasteiger charge is -2.05. The molecule has 0 bridgehead atoms. The number of thiophene rings is 1. The maximum atomic E-state index is 12.0. The molecule has 0 fully saturated rings. The zero-order chi connectivity index (χ0) is 17.5. The molecule has 0 aliphatic carbocycles. The van der Waals surface area contributed by atoms with E-state index in [2.05, 4.69) is 10.9 Å². The normalized spacial score (nSPS) is 10.2. The molecule has 0 aliphatic heterocycles. The molecule has 2 N–H and O–H groups in total. The Morgan fingerprint density at radius 3 is 2.60 bits per heavy atom. The van der Waals surface area contributed by atoms with E-state index in [0.717, 1.165) is 4.88 Å². The SMILES string of the molecule is O=C(Cc1cccs1)NNC(=O)c1ccc(COc2ccccc2)o1. The molecule has 25 heavy (non-hydrogen) atoms. The number of carbonyl (C=O) groups is 2. The van der Waals surface area contributed by atoms with E-state index >= 15 is 0 Å². The van der Waals surface area contributed by atoms with E-state index in [1.54, 1.807) is 6.07 Å². The molecular formula is C18H16N2O4S. The molecule has 0 aliphatic rings. The van der Waals surface area contributed by atoms with Crippen LogP contribution in [0.4, 0.5) is 0 Å². The van der Waals surface area contributed by atoms with Crippen molar-refractivity contribution >= 4 is 23.2 Å². The Bertz CT molecular complexity index is 828. The minimum atomic E-state index is -0.523. The number of ether oxygens (including phenoxy) is 1. The molecule has 1 aromatic carbocycles. The quantitative estimate of drug-likeness (QED) is 0.666. The van der Waals surface area contributed by atoms with Gasteiger partial charge in [0.1, 0.15) is 18.1 Å². The zero-order valence-corrected chi connectivity index (χ0v) is 14.0. The molecule has 6 nitrogen and oxygen atoms in total. The van der Waals surface area contributed by atoms with Gasteiger partial charge in [-0.1, -0.05) is 24.3 Å². The minimum Gasteiger partial charge on any atom is -0.486 e. The number of furan rings is 1. The Morgan fingerprint density at radius 2 is 1.84 bits per heavy atom. The Balaban J connectivity index is 1.46. The molecule has 7 heteroatoms. The number of hydrogen-bond donors (Lipinski definition) is 2. The standard InChI is InChI=1S/C18H16N2O4S/c21-17(11-15-7-4-10-25-15)19-20-18(22)16-9-8-14(24-16)12-23-13-5-2-1-3-6-13/h1-10H,11-12H2,(H,19,21)(H,20,22). The Kier molecular flexibility index (Phi) is 5.48. The van der Waals surface area contributed by atoms with Gasteiger partial charge >= 0.3 is 5.91 Å². The maximum Gasteiger partial charge on any atom is 0.305 e. The van der Waals surface area contributed by atoms with Gasteiger partial charge in [-0.25, -0.2) is 0 Å². The van der Waals surface area contributed by atoms with Crippen LogP contribution in [0.15, 0.2) is 64.4 Å². The van der Waals surface area contributed by atoms with E-state index in [0.29, 0.717) is 11.5 Å². The summed E-state index contributed by atoms with van der Waals surface area (Å²) in [5, 5.41) is 1.89. The van der Waals surface area contributed by atoms with Gasteiger partial charge in [0.05, 0.1) is 6.42 Å². The summed E-state index contributed by atoms with van der Waals surface area (Å²) in [7, 11) is 0. The second kappa shape index (κ2) is 8.16. The van der Waals surface area contributed by atoms with Gasteiger partial charge in [0.2, 0.25) is 5.91 Å². The molecule has 0 unspecified atom stereocenters. The largest absolute Gasteiger partial charge is 0.486 e. The number of hydrogen-bond acceptors (Lipinski definition) is 5. The first kappa shape index (κ1) is 16.8. The molecule has 2 heterocycles. The fourth-order valence-electron chi connectivity index (χ4n) is 2.05. The van der Waals surface area contributed by atoms with E-state index in [-0.39, 0.29) is 24.7 Å². The summed E-state index contributed by atoms with van der Waals surface area (Å²) in [5.74, 6) is 0.508. The summed E-state index contributed by atoms with van der Waals surface area (Å²) in [6, 6.07) is 16.2. The first-order valence-electron chi connectivity index (χ1n) is 7.59. The van der Waals surface area contributed by atoms with Crippen molar-refractivity contribution in [2.75, 3.05) is 0 Å². The summed E-state index contributed by atoms with van der Waals surface area (Å²) in [6.45, 7) is 0.210. The molecule has 0 saturated heterocycles. The van der Waals surface area contributed by atoms with Crippen molar-refractivity contribution in [2.24, 2.45) is 0 Å². The second-order valence-electron chi connectivity index (χ2n) is 5.13. The van der Waals surface area contributed by atoms with Gasteiger partial charge in [0, 0.05) is 4.88 Å². The summed E-state index contributed by atoms with van der Waals surface area (Å²) in [6.07, 6.45) is 0.215. The fraction of sp³-hybridized carbons (Fsp3) is 0.111. The first-order chi connectivity index (χ1) is 12.2. The summed E-state index contributed by atoms with van der Waals surface area (Å²) < 4.78 is 11.0. The van der Waals surface area contributed by atoms with Crippen molar-refractivity contribution in [1.29, 1.82) is 0 Å². The van der Waals surface area contributed by atoms with E-state index in [1.807, 2.05) is 47.8 Å². The van der Waals surface area contributed by atoms with Crippen LogP contribution in [0.5, 0.6) is 5.75 Å². The molecule has 128 valence electrons. The molecule has 2 amide bonds. The van der Waals surface area contributed by atoms with Crippen LogP contribution in [0.2, 0.25) is 0 Å². The predicted octanol–water partition coefficient (Wildman–Crippen LogP) is 2.92. The van der Waals surface area contributed by atoms with Crippen LogP contribution >= 0.6 is 11.3 Å². The van der Waals surface area contributed by atoms with Gasteiger partial charge in [0.15, 0.2) is 5.76 Å². The number of nitrogens with one attached hydrogen (secondary N) is 2. The fourth-order valence-corrected chi connectivity index (χ4v) is 2.76.